The summed E-state index contributed by atoms with van der Waals surface area (Å²) in [5, 5.41) is 2.82. The molecule has 8 heteroatoms. The maximum Gasteiger partial charge on any atom is 0.232 e. The number of hydrogen-bond acceptors (Lipinski definition) is 5. The third-order valence-electron chi connectivity index (χ3n) is 4.02. The van der Waals surface area contributed by atoms with Gasteiger partial charge >= 0.3 is 0 Å². The minimum absolute atomic E-state index is 0.0425. The first-order valence-electron chi connectivity index (χ1n) is 9.37. The van der Waals surface area contributed by atoms with E-state index in [9.17, 15) is 13.2 Å². The molecule has 2 rings (SSSR count). The van der Waals surface area contributed by atoms with Crippen LogP contribution in [-0.2, 0) is 14.8 Å². The third-order valence-corrected chi connectivity index (χ3v) is 5.21. The Morgan fingerprint density at radius 3 is 2.38 bits per heavy atom. The van der Waals surface area contributed by atoms with Gasteiger partial charge in [0.05, 0.1) is 25.2 Å². The fraction of sp³-hybridized carbons (Fsp3) is 0.381. The standard InChI is InChI=1S/C21H28N2O5S/c1-16(2)28-20-8-5-7-17(15-20)22-21(24)9-6-14-23(29(4,25)26)18-10-12-19(27-3)13-11-18/h5,7-8,10-13,15-16H,6,9,14H2,1-4H3,(H,22,24). The zero-order valence-corrected chi connectivity index (χ0v) is 18.0. The lowest BCUT2D eigenvalue weighted by molar-refractivity contribution is -0.116. The van der Waals surface area contributed by atoms with Crippen LogP contribution >= 0.6 is 0 Å². The molecule has 1 amide bonds. The number of ether oxygens (including phenoxy) is 2. The topological polar surface area (TPSA) is 84.9 Å². The molecule has 158 valence electrons. The molecule has 2 aromatic carbocycles. The normalized spacial score (nSPS) is 11.2. The number of carbonyl (C=O) groups is 1. The summed E-state index contributed by atoms with van der Waals surface area (Å²) in [6, 6.07) is 13.9. The second-order valence-electron chi connectivity index (χ2n) is 6.88. The maximum atomic E-state index is 12.3. The van der Waals surface area contributed by atoms with E-state index in [-0.39, 0.29) is 25.0 Å². The van der Waals surface area contributed by atoms with Crippen LogP contribution in [0.1, 0.15) is 26.7 Å². The smallest absolute Gasteiger partial charge is 0.232 e. The number of nitrogens with zero attached hydrogens (tertiary/aromatic N) is 1. The number of anilines is 2. The first-order chi connectivity index (χ1) is 13.7. The average molecular weight is 421 g/mol. The number of hydrogen-bond donors (Lipinski definition) is 1. The Kier molecular flexibility index (Phi) is 7.90. The van der Waals surface area contributed by atoms with Gasteiger partial charge in [0, 0.05) is 24.7 Å². The summed E-state index contributed by atoms with van der Waals surface area (Å²) in [6.07, 6.45) is 1.77. The summed E-state index contributed by atoms with van der Waals surface area (Å²) in [7, 11) is -1.92. The van der Waals surface area contributed by atoms with E-state index in [1.807, 2.05) is 26.0 Å². The first-order valence-corrected chi connectivity index (χ1v) is 11.2. The summed E-state index contributed by atoms with van der Waals surface area (Å²) < 4.78 is 36.3. The molecule has 0 aromatic heterocycles. The summed E-state index contributed by atoms with van der Waals surface area (Å²) in [5.74, 6) is 1.14. The molecule has 0 unspecified atom stereocenters. The predicted molar refractivity (Wildman–Crippen MR) is 115 cm³/mol. The Bertz CT molecular complexity index is 911. The number of methoxy groups -OCH3 is 1. The lowest BCUT2D eigenvalue weighted by atomic mass is 10.2. The van der Waals surface area contributed by atoms with Gasteiger partial charge in [-0.15, -0.1) is 0 Å². The van der Waals surface area contributed by atoms with E-state index in [4.69, 9.17) is 9.47 Å². The lowest BCUT2D eigenvalue weighted by Crippen LogP contribution is -2.31. The van der Waals surface area contributed by atoms with Crippen molar-refractivity contribution in [1.82, 2.24) is 0 Å². The maximum absolute atomic E-state index is 12.3. The zero-order valence-electron chi connectivity index (χ0n) is 17.2. The number of benzene rings is 2. The fourth-order valence-corrected chi connectivity index (χ4v) is 3.73. The summed E-state index contributed by atoms with van der Waals surface area (Å²) in [4.78, 5) is 12.3. The van der Waals surface area contributed by atoms with Gasteiger partial charge in [0.15, 0.2) is 0 Å². The fourth-order valence-electron chi connectivity index (χ4n) is 2.76. The summed E-state index contributed by atoms with van der Waals surface area (Å²) in [6.45, 7) is 4.07. The molecule has 0 aliphatic carbocycles. The molecule has 0 radical (unpaired) electrons. The van der Waals surface area contributed by atoms with Crippen molar-refractivity contribution in [2.24, 2.45) is 0 Å². The van der Waals surface area contributed by atoms with Crippen LogP contribution < -0.4 is 19.1 Å². The predicted octanol–water partition coefficient (Wildman–Crippen LogP) is 3.67. The van der Waals surface area contributed by atoms with Gasteiger partial charge in [-0.05, 0) is 56.7 Å². The largest absolute Gasteiger partial charge is 0.497 e. The minimum atomic E-state index is -3.47. The van der Waals surface area contributed by atoms with Crippen LogP contribution in [0, 0.1) is 0 Å². The van der Waals surface area contributed by atoms with Crippen LogP contribution in [0.3, 0.4) is 0 Å². The van der Waals surface area contributed by atoms with E-state index >= 15 is 0 Å². The Labute approximate surface area is 172 Å². The zero-order chi connectivity index (χ0) is 21.4. The van der Waals surface area contributed by atoms with E-state index in [0.717, 1.165) is 6.26 Å². The van der Waals surface area contributed by atoms with E-state index in [1.165, 1.54) is 4.31 Å². The second-order valence-corrected chi connectivity index (χ2v) is 8.79. The van der Waals surface area contributed by atoms with Crippen molar-refractivity contribution < 1.29 is 22.7 Å². The van der Waals surface area contributed by atoms with Crippen LogP contribution in [0.15, 0.2) is 48.5 Å². The second kappa shape index (κ2) is 10.2. The quantitative estimate of drug-likeness (QED) is 0.634. The van der Waals surface area contributed by atoms with Crippen molar-refractivity contribution in [2.45, 2.75) is 32.8 Å². The van der Waals surface area contributed by atoms with E-state index in [2.05, 4.69) is 5.32 Å². The van der Waals surface area contributed by atoms with Gasteiger partial charge in [0.1, 0.15) is 11.5 Å². The van der Waals surface area contributed by atoms with Crippen molar-refractivity contribution >= 4 is 27.3 Å². The molecule has 1 N–H and O–H groups in total. The molecule has 29 heavy (non-hydrogen) atoms. The molecule has 2 aromatic rings. The van der Waals surface area contributed by atoms with Crippen LogP contribution in [-0.4, -0.2) is 40.3 Å². The molecule has 0 bridgehead atoms. The van der Waals surface area contributed by atoms with Crippen molar-refractivity contribution in [1.29, 1.82) is 0 Å². The Morgan fingerprint density at radius 2 is 1.79 bits per heavy atom. The molecule has 0 heterocycles. The highest BCUT2D eigenvalue weighted by Gasteiger charge is 2.17. The highest BCUT2D eigenvalue weighted by molar-refractivity contribution is 7.92. The van der Waals surface area contributed by atoms with Gasteiger partial charge in [-0.2, -0.15) is 0 Å². The molecular weight excluding hydrogens is 392 g/mol. The average Bonchev–Trinajstić information content (AvgIpc) is 2.64. The summed E-state index contributed by atoms with van der Waals surface area (Å²) >= 11 is 0. The summed E-state index contributed by atoms with van der Waals surface area (Å²) in [5.41, 5.74) is 1.18. The van der Waals surface area contributed by atoms with E-state index in [0.29, 0.717) is 29.3 Å². The number of carbonyl (C=O) groups excluding carboxylic acids is 1. The molecule has 0 aliphatic rings. The Hall–Kier alpha value is -2.74. The van der Waals surface area contributed by atoms with Gasteiger partial charge in [-0.25, -0.2) is 8.42 Å². The molecule has 0 aliphatic heterocycles. The van der Waals surface area contributed by atoms with Gasteiger partial charge in [-0.1, -0.05) is 6.07 Å². The molecular formula is C21H28N2O5S. The van der Waals surface area contributed by atoms with Crippen molar-refractivity contribution in [3.63, 3.8) is 0 Å². The van der Waals surface area contributed by atoms with Gasteiger partial charge < -0.3 is 14.8 Å². The van der Waals surface area contributed by atoms with Crippen LogP contribution in [0.4, 0.5) is 11.4 Å². The third kappa shape index (κ3) is 7.30. The SMILES string of the molecule is COc1ccc(N(CCCC(=O)Nc2cccc(OC(C)C)c2)S(C)(=O)=O)cc1. The van der Waals surface area contributed by atoms with Gasteiger partial charge in [-0.3, -0.25) is 9.10 Å². The number of amides is 1. The van der Waals surface area contributed by atoms with Crippen molar-refractivity contribution in [3.8, 4) is 11.5 Å². The van der Waals surface area contributed by atoms with Crippen LogP contribution in [0.25, 0.3) is 0 Å². The van der Waals surface area contributed by atoms with E-state index in [1.54, 1.807) is 43.5 Å². The number of rotatable bonds is 10. The van der Waals surface area contributed by atoms with Crippen LogP contribution in [0.5, 0.6) is 11.5 Å². The lowest BCUT2D eigenvalue weighted by Gasteiger charge is -2.22. The highest BCUT2D eigenvalue weighted by atomic mass is 32.2. The molecule has 0 fully saturated rings. The minimum Gasteiger partial charge on any atom is -0.497 e. The molecule has 7 nitrogen and oxygen atoms in total. The van der Waals surface area contributed by atoms with Crippen molar-refractivity contribution in [2.75, 3.05) is 29.5 Å². The Morgan fingerprint density at radius 1 is 1.10 bits per heavy atom. The van der Waals surface area contributed by atoms with Crippen molar-refractivity contribution in [3.05, 3.63) is 48.5 Å². The number of nitrogens with one attached hydrogen (secondary N) is 1. The van der Waals surface area contributed by atoms with Gasteiger partial charge in [0.25, 0.3) is 0 Å². The monoisotopic (exact) mass is 420 g/mol. The molecule has 0 atom stereocenters. The van der Waals surface area contributed by atoms with E-state index < -0.39 is 10.0 Å². The Balaban J connectivity index is 1.94. The molecule has 0 saturated carbocycles. The molecule has 0 spiro atoms. The van der Waals surface area contributed by atoms with Gasteiger partial charge in [0.2, 0.25) is 15.9 Å². The number of sulfonamides is 1. The molecule has 0 saturated heterocycles. The first kappa shape index (κ1) is 22.5. The van der Waals surface area contributed by atoms with Crippen LogP contribution in [0.2, 0.25) is 0 Å². The highest BCUT2D eigenvalue weighted by Crippen LogP contribution is 2.22.